The second kappa shape index (κ2) is 20.1. The number of nitrogens with one attached hydrogen (secondary N) is 3. The maximum Gasteiger partial charge on any atom is 0.293 e. The Morgan fingerprint density at radius 3 is 2.57 bits per heavy atom. The minimum atomic E-state index is -4.61. The molecule has 0 saturated carbocycles. The summed E-state index contributed by atoms with van der Waals surface area (Å²) < 4.78 is 53.8. The van der Waals surface area contributed by atoms with E-state index in [1.165, 1.54) is 28.8 Å². The molecule has 3 aliphatic heterocycles. The fourth-order valence-corrected chi connectivity index (χ4v) is 10.7. The van der Waals surface area contributed by atoms with E-state index in [2.05, 4.69) is 57.7 Å². The molecule has 2 atom stereocenters. The number of piperazine rings is 1. The minimum Gasteiger partial charge on any atom is -0.476 e. The van der Waals surface area contributed by atoms with Gasteiger partial charge in [-0.15, -0.1) is 0 Å². The summed E-state index contributed by atoms with van der Waals surface area (Å²) in [7, 11) is -4.61. The van der Waals surface area contributed by atoms with Crippen LogP contribution in [0.25, 0.3) is 16.6 Å². The minimum absolute atomic E-state index is 0.0906. The number of fused-ring (bicyclic) bond motifs is 2. The van der Waals surface area contributed by atoms with Crippen molar-refractivity contribution in [3.05, 3.63) is 111 Å². The molecular formula is C49H57ClN8O9S. The molecule has 19 heteroatoms. The number of anilines is 4. The summed E-state index contributed by atoms with van der Waals surface area (Å²) in [5.41, 5.74) is 5.97. The van der Waals surface area contributed by atoms with Gasteiger partial charge in [0.25, 0.3) is 21.6 Å². The Kier molecular flexibility index (Phi) is 14.0. The number of hydrogen-bond donors (Lipinski definition) is 3. The molecule has 0 bridgehead atoms. The molecule has 3 aromatic carbocycles. The van der Waals surface area contributed by atoms with Crippen LogP contribution in [0.1, 0.15) is 62.4 Å². The molecule has 0 spiro atoms. The number of hydrogen-bond acceptors (Lipinski definition) is 14. The SMILES string of the molecule is CC(C)O[C@]1(C)CCC(CN2CCN(c3ccc(C(=O)NS(=O)(=O)c4ccc(NC[C@H]5COCCO5)c([N+](=O)[O-])c4)c(N4CCCOc5nc6[nH]ccc6cc54)c3)CC2)=C(c2ccc(Cl)cc2)C1. The van der Waals surface area contributed by atoms with Gasteiger partial charge in [-0.1, -0.05) is 29.3 Å². The summed E-state index contributed by atoms with van der Waals surface area (Å²) in [6, 6.07) is 20.8. The van der Waals surface area contributed by atoms with Gasteiger partial charge in [-0.2, -0.15) is 4.98 Å². The first kappa shape index (κ1) is 47.3. The summed E-state index contributed by atoms with van der Waals surface area (Å²) in [5.74, 6) is -0.518. The third-order valence-electron chi connectivity index (χ3n) is 13.0. The van der Waals surface area contributed by atoms with Gasteiger partial charge in [-0.05, 0) is 106 Å². The summed E-state index contributed by atoms with van der Waals surface area (Å²) in [5, 5.41) is 16.7. The molecule has 1 amide bonds. The second-order valence-electron chi connectivity index (χ2n) is 18.2. The maximum atomic E-state index is 14.4. The van der Waals surface area contributed by atoms with Crippen LogP contribution in [-0.2, 0) is 24.2 Å². The summed E-state index contributed by atoms with van der Waals surface area (Å²) >= 11 is 6.31. The fraction of sp³-hybridized carbons (Fsp3) is 0.429. The van der Waals surface area contributed by atoms with Crippen molar-refractivity contribution in [3.63, 3.8) is 0 Å². The van der Waals surface area contributed by atoms with Crippen LogP contribution in [0.4, 0.5) is 28.4 Å². The average molecular weight is 970 g/mol. The van der Waals surface area contributed by atoms with Crippen LogP contribution < -0.4 is 24.6 Å². The van der Waals surface area contributed by atoms with E-state index < -0.39 is 31.4 Å². The molecule has 17 nitrogen and oxygen atoms in total. The molecule has 68 heavy (non-hydrogen) atoms. The number of pyridine rings is 1. The Balaban J connectivity index is 0.981. The van der Waals surface area contributed by atoms with E-state index >= 15 is 0 Å². The first-order valence-corrected chi connectivity index (χ1v) is 25.0. The average Bonchev–Trinajstić information content (AvgIpc) is 3.69. The number of benzene rings is 3. The van der Waals surface area contributed by atoms with Gasteiger partial charge in [0.2, 0.25) is 5.88 Å². The highest BCUT2D eigenvalue weighted by Crippen LogP contribution is 2.43. The fourth-order valence-electron chi connectivity index (χ4n) is 9.63. The van der Waals surface area contributed by atoms with Crippen molar-refractivity contribution < 1.29 is 37.1 Å². The van der Waals surface area contributed by atoms with Crippen molar-refractivity contribution in [2.45, 2.75) is 69.2 Å². The summed E-state index contributed by atoms with van der Waals surface area (Å²) in [4.78, 5) is 40.1. The Hall–Kier alpha value is -5.76. The molecule has 2 saturated heterocycles. The number of nitrogens with zero attached hydrogens (tertiary/aromatic N) is 5. The van der Waals surface area contributed by atoms with Gasteiger partial charge in [-0.25, -0.2) is 13.1 Å². The van der Waals surface area contributed by atoms with E-state index in [1.807, 2.05) is 41.3 Å². The topological polar surface area (TPSA) is 194 Å². The molecule has 9 rings (SSSR count). The van der Waals surface area contributed by atoms with Crippen molar-refractivity contribution in [3.8, 4) is 5.88 Å². The lowest BCUT2D eigenvalue weighted by Crippen LogP contribution is -2.47. The lowest BCUT2D eigenvalue weighted by Gasteiger charge is -2.41. The Morgan fingerprint density at radius 1 is 1.01 bits per heavy atom. The number of carbonyl (C=O) groups is 1. The van der Waals surface area contributed by atoms with Gasteiger partial charge in [0.15, 0.2) is 0 Å². The van der Waals surface area contributed by atoms with Crippen molar-refractivity contribution in [2.75, 3.05) is 87.4 Å². The number of ether oxygens (including phenoxy) is 4. The maximum absolute atomic E-state index is 14.4. The second-order valence-corrected chi connectivity index (χ2v) is 20.4. The quantitative estimate of drug-likeness (QED) is 0.0717. The Bertz CT molecular complexity index is 2810. The third-order valence-corrected chi connectivity index (χ3v) is 14.5. The number of carbonyl (C=O) groups excluding carboxylic acids is 1. The summed E-state index contributed by atoms with van der Waals surface area (Å²) in [6.45, 7) is 12.5. The van der Waals surface area contributed by atoms with E-state index in [0.29, 0.717) is 80.4 Å². The zero-order valence-corrected chi connectivity index (χ0v) is 40.0. The molecule has 360 valence electrons. The predicted molar refractivity (Wildman–Crippen MR) is 262 cm³/mol. The molecule has 4 aliphatic rings. The predicted octanol–water partition coefficient (Wildman–Crippen LogP) is 7.93. The number of halogens is 1. The zero-order valence-electron chi connectivity index (χ0n) is 38.5. The third kappa shape index (κ3) is 10.6. The van der Waals surface area contributed by atoms with Crippen molar-refractivity contribution in [1.29, 1.82) is 0 Å². The first-order valence-electron chi connectivity index (χ1n) is 23.2. The monoisotopic (exact) mass is 968 g/mol. The van der Waals surface area contributed by atoms with Gasteiger partial charge in [-0.3, -0.25) is 19.8 Å². The molecule has 5 heterocycles. The lowest BCUT2D eigenvalue weighted by molar-refractivity contribution is -0.384. The number of rotatable bonds is 14. The molecular weight excluding hydrogens is 912 g/mol. The number of amides is 1. The van der Waals surface area contributed by atoms with Crippen molar-refractivity contribution in [2.24, 2.45) is 0 Å². The molecule has 3 N–H and O–H groups in total. The number of nitro benzene ring substituents is 1. The Morgan fingerprint density at radius 2 is 1.82 bits per heavy atom. The normalized spacial score (nSPS) is 20.5. The van der Waals surface area contributed by atoms with Gasteiger partial charge in [0.1, 0.15) is 17.0 Å². The number of sulfonamides is 1. The highest BCUT2D eigenvalue weighted by Gasteiger charge is 2.35. The van der Waals surface area contributed by atoms with Crippen LogP contribution in [0.3, 0.4) is 0 Å². The standard InChI is InChI=1S/C49H57ClN8O9S/c1-32(2)67-49(3)15-13-35(41(28-49)33-5-7-36(50)8-6-33)30-55-18-20-56(21-19-55)37-9-11-40(43(26-37)57-17-4-22-66-48-45(57)25-34-14-16-51-46(34)53-48)47(59)54-68(62,63)39-10-12-42(44(27-39)58(60)61)52-29-38-31-64-23-24-65-38/h5-12,14,16,25-27,32,38,52H,4,13,15,17-24,28-31H2,1-3H3,(H,51,53)(H,54,59)/t38-,49+/m0/s1. The Labute approximate surface area is 400 Å². The lowest BCUT2D eigenvalue weighted by atomic mass is 9.78. The highest BCUT2D eigenvalue weighted by molar-refractivity contribution is 7.90. The first-order chi connectivity index (χ1) is 32.7. The molecule has 5 aromatic rings. The molecule has 0 unspecified atom stereocenters. The van der Waals surface area contributed by atoms with Crippen LogP contribution >= 0.6 is 11.6 Å². The van der Waals surface area contributed by atoms with Crippen LogP contribution in [0, 0.1) is 10.1 Å². The van der Waals surface area contributed by atoms with Crippen LogP contribution in [0.15, 0.2) is 89.5 Å². The van der Waals surface area contributed by atoms with Crippen LogP contribution in [0.5, 0.6) is 5.88 Å². The van der Waals surface area contributed by atoms with Crippen molar-refractivity contribution >= 4 is 72.6 Å². The van der Waals surface area contributed by atoms with Gasteiger partial charge in [0.05, 0.1) is 65.3 Å². The smallest absolute Gasteiger partial charge is 0.293 e. The van der Waals surface area contributed by atoms with Gasteiger partial charge >= 0.3 is 0 Å². The molecule has 1 aliphatic carbocycles. The van der Waals surface area contributed by atoms with E-state index in [0.717, 1.165) is 56.0 Å². The van der Waals surface area contributed by atoms with Crippen LogP contribution in [0.2, 0.25) is 5.02 Å². The summed E-state index contributed by atoms with van der Waals surface area (Å²) in [6.07, 6.45) is 4.86. The number of H-pyrrole nitrogens is 1. The van der Waals surface area contributed by atoms with E-state index in [1.54, 1.807) is 12.3 Å². The van der Waals surface area contributed by atoms with Crippen LogP contribution in [-0.4, -0.2) is 124 Å². The number of aromatic amines is 1. The molecule has 2 aromatic heterocycles. The van der Waals surface area contributed by atoms with E-state index in [9.17, 15) is 23.3 Å². The van der Waals surface area contributed by atoms with Gasteiger partial charge < -0.3 is 39.0 Å². The van der Waals surface area contributed by atoms with E-state index in [-0.39, 0.29) is 35.6 Å². The molecule has 0 radical (unpaired) electrons. The number of nitro groups is 1. The zero-order chi connectivity index (χ0) is 47.6. The molecule has 2 fully saturated rings. The highest BCUT2D eigenvalue weighted by atomic mass is 35.5. The largest absolute Gasteiger partial charge is 0.476 e. The van der Waals surface area contributed by atoms with Gasteiger partial charge in [0, 0.05) is 80.6 Å². The van der Waals surface area contributed by atoms with Crippen molar-refractivity contribution in [1.82, 2.24) is 19.6 Å². The number of aromatic nitrogens is 2. The van der Waals surface area contributed by atoms with E-state index in [4.69, 9.17) is 35.5 Å².